The summed E-state index contributed by atoms with van der Waals surface area (Å²) in [5.74, 6) is -1.02. The van der Waals surface area contributed by atoms with Crippen LogP contribution in [0.1, 0.15) is 31.9 Å². The summed E-state index contributed by atoms with van der Waals surface area (Å²) in [4.78, 5) is 29.2. The van der Waals surface area contributed by atoms with Crippen molar-refractivity contribution in [2.75, 3.05) is 17.1 Å². The molecule has 0 spiro atoms. The summed E-state index contributed by atoms with van der Waals surface area (Å²) < 4.78 is 26.6. The Morgan fingerprint density at radius 1 is 0.900 bits per heavy atom. The minimum atomic E-state index is -3.91. The Morgan fingerprint density at radius 3 is 2.05 bits per heavy atom. The largest absolute Gasteiger partial charge is 0.350 e. The van der Waals surface area contributed by atoms with Crippen molar-refractivity contribution >= 4 is 62.3 Å². The summed E-state index contributed by atoms with van der Waals surface area (Å²) in [5, 5.41) is 3.90. The molecule has 0 heterocycles. The van der Waals surface area contributed by atoms with Gasteiger partial charge in [-0.3, -0.25) is 13.9 Å². The molecular formula is C29H32Cl3N3O4S. The van der Waals surface area contributed by atoms with Crippen molar-refractivity contribution < 1.29 is 18.0 Å². The lowest BCUT2D eigenvalue weighted by atomic mass is 10.0. The van der Waals surface area contributed by atoms with Crippen molar-refractivity contribution in [2.24, 2.45) is 0 Å². The van der Waals surface area contributed by atoms with Crippen molar-refractivity contribution in [1.29, 1.82) is 0 Å². The monoisotopic (exact) mass is 623 g/mol. The van der Waals surface area contributed by atoms with E-state index in [0.29, 0.717) is 20.6 Å². The highest BCUT2D eigenvalue weighted by Crippen LogP contribution is 2.28. The van der Waals surface area contributed by atoms with Crippen LogP contribution >= 0.6 is 34.8 Å². The first-order valence-electron chi connectivity index (χ1n) is 12.5. The predicted molar refractivity (Wildman–Crippen MR) is 162 cm³/mol. The first kappa shape index (κ1) is 31.7. The average Bonchev–Trinajstić information content (AvgIpc) is 2.85. The number of benzene rings is 3. The van der Waals surface area contributed by atoms with Crippen LogP contribution in [0.15, 0.2) is 72.8 Å². The van der Waals surface area contributed by atoms with Gasteiger partial charge in [-0.25, -0.2) is 8.42 Å². The molecule has 0 aliphatic carbocycles. The Labute approximate surface area is 251 Å². The van der Waals surface area contributed by atoms with E-state index in [9.17, 15) is 18.0 Å². The number of amides is 2. The zero-order chi connectivity index (χ0) is 29.7. The van der Waals surface area contributed by atoms with E-state index >= 15 is 0 Å². The SMILES string of the molecule is CC(C)(C)NC(=O)C(Cc1ccccc1)N(Cc1c(Cl)cccc1Cl)C(=O)CN(c1cccc(Cl)c1)S(C)(=O)=O. The van der Waals surface area contributed by atoms with Gasteiger partial charge in [0.25, 0.3) is 0 Å². The highest BCUT2D eigenvalue weighted by atomic mass is 35.5. The van der Waals surface area contributed by atoms with Gasteiger partial charge in [0.2, 0.25) is 21.8 Å². The van der Waals surface area contributed by atoms with Gasteiger partial charge >= 0.3 is 0 Å². The lowest BCUT2D eigenvalue weighted by Crippen LogP contribution is -2.56. The molecule has 0 radical (unpaired) electrons. The van der Waals surface area contributed by atoms with Crippen LogP contribution in [-0.4, -0.2) is 49.5 Å². The molecule has 0 aliphatic rings. The van der Waals surface area contributed by atoms with E-state index in [0.717, 1.165) is 16.1 Å². The van der Waals surface area contributed by atoms with Crippen LogP contribution in [0.25, 0.3) is 0 Å². The molecule has 3 aromatic carbocycles. The average molecular weight is 625 g/mol. The fourth-order valence-corrected chi connectivity index (χ4v) is 5.65. The number of rotatable bonds is 10. The summed E-state index contributed by atoms with van der Waals surface area (Å²) in [5.41, 5.74) is 0.879. The van der Waals surface area contributed by atoms with Gasteiger partial charge in [-0.2, -0.15) is 0 Å². The van der Waals surface area contributed by atoms with Crippen molar-refractivity contribution in [2.45, 2.75) is 45.3 Å². The van der Waals surface area contributed by atoms with E-state index in [1.54, 1.807) is 36.4 Å². The second-order valence-electron chi connectivity index (χ2n) is 10.4. The normalized spacial score (nSPS) is 12.5. The molecule has 0 aliphatic heterocycles. The van der Waals surface area contributed by atoms with Gasteiger partial charge < -0.3 is 10.2 Å². The van der Waals surface area contributed by atoms with Crippen LogP contribution in [-0.2, 0) is 32.6 Å². The van der Waals surface area contributed by atoms with E-state index in [4.69, 9.17) is 34.8 Å². The van der Waals surface area contributed by atoms with Crippen LogP contribution in [0.5, 0.6) is 0 Å². The molecule has 2 amide bonds. The van der Waals surface area contributed by atoms with E-state index in [1.165, 1.54) is 11.0 Å². The van der Waals surface area contributed by atoms with E-state index in [-0.39, 0.29) is 18.7 Å². The van der Waals surface area contributed by atoms with Gasteiger partial charge in [0.1, 0.15) is 12.6 Å². The number of hydrogen-bond acceptors (Lipinski definition) is 4. The topological polar surface area (TPSA) is 86.8 Å². The quantitative estimate of drug-likeness (QED) is 0.301. The third-order valence-electron chi connectivity index (χ3n) is 5.93. The third-order valence-corrected chi connectivity index (χ3v) is 8.02. The van der Waals surface area contributed by atoms with Gasteiger partial charge in [0, 0.05) is 39.1 Å². The molecule has 1 N–H and O–H groups in total. The fourth-order valence-electron chi connectivity index (χ4n) is 4.11. The number of halogens is 3. The highest BCUT2D eigenvalue weighted by molar-refractivity contribution is 7.92. The number of carbonyl (C=O) groups excluding carboxylic acids is 2. The number of sulfonamides is 1. The van der Waals surface area contributed by atoms with E-state index < -0.39 is 40.0 Å². The van der Waals surface area contributed by atoms with E-state index in [1.807, 2.05) is 51.1 Å². The van der Waals surface area contributed by atoms with Crippen LogP contribution in [0.4, 0.5) is 5.69 Å². The minimum absolute atomic E-state index is 0.125. The van der Waals surface area contributed by atoms with Gasteiger partial charge in [0.15, 0.2) is 0 Å². The maximum atomic E-state index is 14.1. The maximum Gasteiger partial charge on any atom is 0.244 e. The first-order valence-corrected chi connectivity index (χ1v) is 15.5. The molecule has 11 heteroatoms. The molecule has 7 nitrogen and oxygen atoms in total. The summed E-state index contributed by atoms with van der Waals surface area (Å²) in [6.07, 6.45) is 1.18. The Hall–Kier alpha value is -2.78. The summed E-state index contributed by atoms with van der Waals surface area (Å²) in [6, 6.07) is 19.4. The molecule has 3 rings (SSSR count). The van der Waals surface area contributed by atoms with Crippen LogP contribution in [0.2, 0.25) is 15.1 Å². The number of nitrogens with zero attached hydrogens (tertiary/aromatic N) is 2. The molecule has 40 heavy (non-hydrogen) atoms. The lowest BCUT2D eigenvalue weighted by molar-refractivity contribution is -0.140. The molecule has 0 saturated carbocycles. The molecule has 0 bridgehead atoms. The molecular weight excluding hydrogens is 593 g/mol. The standard InChI is InChI=1S/C29H32Cl3N3O4S/c1-29(2,3)33-28(37)26(16-20-10-6-5-7-11-20)34(18-23-24(31)14-9-15-25(23)32)27(36)19-35(40(4,38)39)22-13-8-12-21(30)17-22/h5-15,17,26H,16,18-19H2,1-4H3,(H,33,37). The minimum Gasteiger partial charge on any atom is -0.350 e. The molecule has 3 aromatic rings. The fraction of sp³-hybridized carbons (Fsp3) is 0.310. The van der Waals surface area contributed by atoms with Crippen molar-refractivity contribution in [3.05, 3.63) is 99.0 Å². The second-order valence-corrected chi connectivity index (χ2v) is 13.6. The maximum absolute atomic E-state index is 14.1. The van der Waals surface area contributed by atoms with Crippen molar-refractivity contribution in [3.63, 3.8) is 0 Å². The lowest BCUT2D eigenvalue weighted by Gasteiger charge is -2.35. The van der Waals surface area contributed by atoms with Crippen LogP contribution in [0.3, 0.4) is 0 Å². The van der Waals surface area contributed by atoms with Crippen molar-refractivity contribution in [1.82, 2.24) is 10.2 Å². The predicted octanol–water partition coefficient (Wildman–Crippen LogP) is 5.97. The van der Waals surface area contributed by atoms with Gasteiger partial charge in [-0.1, -0.05) is 77.3 Å². The molecule has 1 unspecified atom stereocenters. The summed E-state index contributed by atoms with van der Waals surface area (Å²) in [7, 11) is -3.91. The Balaban J connectivity index is 2.12. The van der Waals surface area contributed by atoms with Gasteiger partial charge in [-0.15, -0.1) is 0 Å². The number of anilines is 1. The molecule has 0 aromatic heterocycles. The molecule has 1 atom stereocenters. The van der Waals surface area contributed by atoms with Crippen molar-refractivity contribution in [3.8, 4) is 0 Å². The number of hydrogen-bond donors (Lipinski definition) is 1. The molecule has 0 fully saturated rings. The van der Waals surface area contributed by atoms with Crippen LogP contribution < -0.4 is 9.62 Å². The Kier molecular flexibility index (Phi) is 10.5. The van der Waals surface area contributed by atoms with E-state index in [2.05, 4.69) is 5.32 Å². The van der Waals surface area contributed by atoms with Gasteiger partial charge in [-0.05, 0) is 56.7 Å². The third kappa shape index (κ3) is 8.86. The molecule has 214 valence electrons. The Bertz CT molecular complexity index is 1440. The number of carbonyl (C=O) groups is 2. The first-order chi connectivity index (χ1) is 18.7. The smallest absolute Gasteiger partial charge is 0.244 e. The highest BCUT2D eigenvalue weighted by Gasteiger charge is 2.35. The number of nitrogens with one attached hydrogen (secondary N) is 1. The zero-order valence-corrected chi connectivity index (χ0v) is 25.8. The Morgan fingerprint density at radius 2 is 1.50 bits per heavy atom. The summed E-state index contributed by atoms with van der Waals surface area (Å²) >= 11 is 19.1. The second kappa shape index (κ2) is 13.3. The van der Waals surface area contributed by atoms with Gasteiger partial charge in [0.05, 0.1) is 11.9 Å². The summed E-state index contributed by atoms with van der Waals surface area (Å²) in [6.45, 7) is 4.82. The molecule has 0 saturated heterocycles. The zero-order valence-electron chi connectivity index (χ0n) is 22.7. The van der Waals surface area contributed by atoms with Crippen LogP contribution in [0, 0.1) is 0 Å².